The molecule has 3 amide bonds. The smallest absolute Gasteiger partial charge is 0.325 e. The highest BCUT2D eigenvalue weighted by molar-refractivity contribution is 8.00. The van der Waals surface area contributed by atoms with Crippen molar-refractivity contribution >= 4 is 58.5 Å². The summed E-state index contributed by atoms with van der Waals surface area (Å²) in [5, 5.41) is 7.42. The molecule has 0 aromatic heterocycles. The average molecular weight is 628 g/mol. The Bertz CT molecular complexity index is 1660. The van der Waals surface area contributed by atoms with Crippen molar-refractivity contribution in [3.63, 3.8) is 0 Å². The molecule has 0 unspecified atom stereocenters. The number of thioether (sulfide) groups is 1. The standard InChI is InChI=1S/C31H22ClF4N3O3S/c32-24-13-7-14-25(33)22(24)17-27(39-29(41)19-8-2-1-3-9-19)30(42)37-20-10-6-11-21(16-20)43-18-28(40)38-26-15-5-4-12-23(26)31(34,35)36/h1-17H,18H2,(H,37,42)(H,38,40)(H,39,41)/b27-17+. The molecule has 43 heavy (non-hydrogen) atoms. The maximum atomic E-state index is 14.5. The Balaban J connectivity index is 1.48. The number of anilines is 2. The molecular formula is C31H22ClF4N3O3S. The topological polar surface area (TPSA) is 87.3 Å². The number of benzene rings is 4. The number of carbonyl (C=O) groups is 3. The molecule has 0 bridgehead atoms. The Morgan fingerprint density at radius 1 is 0.837 bits per heavy atom. The largest absolute Gasteiger partial charge is 0.418 e. The molecule has 4 aromatic carbocycles. The minimum atomic E-state index is -4.63. The summed E-state index contributed by atoms with van der Waals surface area (Å²) >= 11 is 7.16. The monoisotopic (exact) mass is 627 g/mol. The third-order valence-electron chi connectivity index (χ3n) is 5.79. The summed E-state index contributed by atoms with van der Waals surface area (Å²) in [7, 11) is 0. The molecule has 0 aliphatic rings. The highest BCUT2D eigenvalue weighted by Crippen LogP contribution is 2.34. The number of carbonyl (C=O) groups excluding carboxylic acids is 3. The molecule has 0 aliphatic heterocycles. The van der Waals surface area contributed by atoms with Gasteiger partial charge in [-0.1, -0.05) is 54.1 Å². The molecule has 0 spiro atoms. The molecule has 0 heterocycles. The van der Waals surface area contributed by atoms with Gasteiger partial charge in [0.15, 0.2) is 0 Å². The first kappa shape index (κ1) is 31.3. The predicted octanol–water partition coefficient (Wildman–Crippen LogP) is 7.64. The lowest BCUT2D eigenvalue weighted by Crippen LogP contribution is -2.30. The third-order valence-corrected chi connectivity index (χ3v) is 7.11. The normalized spacial score (nSPS) is 11.5. The fourth-order valence-corrected chi connectivity index (χ4v) is 4.74. The van der Waals surface area contributed by atoms with E-state index in [4.69, 9.17) is 11.6 Å². The third kappa shape index (κ3) is 8.69. The molecule has 4 rings (SSSR count). The van der Waals surface area contributed by atoms with Crippen molar-refractivity contribution in [2.24, 2.45) is 0 Å². The maximum absolute atomic E-state index is 14.5. The zero-order valence-corrected chi connectivity index (χ0v) is 23.6. The number of halogens is 5. The molecule has 3 N–H and O–H groups in total. The highest BCUT2D eigenvalue weighted by Gasteiger charge is 2.33. The second-order valence-corrected chi connectivity index (χ2v) is 10.3. The van der Waals surface area contributed by atoms with Gasteiger partial charge in [0.05, 0.1) is 22.0 Å². The first-order valence-electron chi connectivity index (χ1n) is 12.5. The van der Waals surface area contributed by atoms with Crippen LogP contribution < -0.4 is 16.0 Å². The summed E-state index contributed by atoms with van der Waals surface area (Å²) < 4.78 is 54.2. The predicted molar refractivity (Wildman–Crippen MR) is 159 cm³/mol. The Hall–Kier alpha value is -4.61. The summed E-state index contributed by atoms with van der Waals surface area (Å²) in [6, 6.07) is 23.0. The Labute approximate surface area is 253 Å². The van der Waals surface area contributed by atoms with E-state index in [2.05, 4.69) is 16.0 Å². The first-order chi connectivity index (χ1) is 20.5. The van der Waals surface area contributed by atoms with Crippen molar-refractivity contribution in [2.75, 3.05) is 16.4 Å². The second-order valence-electron chi connectivity index (χ2n) is 8.88. The number of hydrogen-bond acceptors (Lipinski definition) is 4. The van der Waals surface area contributed by atoms with Gasteiger partial charge in [-0.2, -0.15) is 13.2 Å². The quantitative estimate of drug-likeness (QED) is 0.101. The Morgan fingerprint density at radius 3 is 2.26 bits per heavy atom. The van der Waals surface area contributed by atoms with Gasteiger partial charge in [-0.05, 0) is 60.7 Å². The molecular weight excluding hydrogens is 606 g/mol. The van der Waals surface area contributed by atoms with Crippen LogP contribution in [0.4, 0.5) is 28.9 Å². The summed E-state index contributed by atoms with van der Waals surface area (Å²) in [6.45, 7) is 0. The van der Waals surface area contributed by atoms with Crippen LogP contribution in [0.25, 0.3) is 6.08 Å². The molecule has 0 fully saturated rings. The molecule has 0 aliphatic carbocycles. The minimum absolute atomic E-state index is 0.0220. The fourth-order valence-electron chi connectivity index (χ4n) is 3.77. The molecule has 220 valence electrons. The van der Waals surface area contributed by atoms with E-state index in [1.165, 1.54) is 30.3 Å². The summed E-state index contributed by atoms with van der Waals surface area (Å²) in [4.78, 5) is 39.0. The summed E-state index contributed by atoms with van der Waals surface area (Å²) in [5.74, 6) is -2.98. The van der Waals surface area contributed by atoms with E-state index in [0.29, 0.717) is 4.90 Å². The molecule has 0 radical (unpaired) electrons. The zero-order valence-electron chi connectivity index (χ0n) is 22.0. The van der Waals surface area contributed by atoms with Crippen molar-refractivity contribution < 1.29 is 31.9 Å². The van der Waals surface area contributed by atoms with Gasteiger partial charge in [-0.15, -0.1) is 11.8 Å². The molecule has 12 heteroatoms. The van der Waals surface area contributed by atoms with Gasteiger partial charge >= 0.3 is 6.18 Å². The minimum Gasteiger partial charge on any atom is -0.325 e. The lowest BCUT2D eigenvalue weighted by atomic mass is 10.1. The van der Waals surface area contributed by atoms with Crippen LogP contribution in [0.15, 0.2) is 108 Å². The van der Waals surface area contributed by atoms with Crippen molar-refractivity contribution in [2.45, 2.75) is 11.1 Å². The number of nitrogens with one attached hydrogen (secondary N) is 3. The second kappa shape index (κ2) is 14.0. The number of alkyl halides is 3. The van der Waals surface area contributed by atoms with E-state index in [0.717, 1.165) is 36.0 Å². The maximum Gasteiger partial charge on any atom is 0.418 e. The molecule has 0 saturated heterocycles. The van der Waals surface area contributed by atoms with Gasteiger partial charge < -0.3 is 16.0 Å². The van der Waals surface area contributed by atoms with Crippen LogP contribution in [0.5, 0.6) is 0 Å². The number of para-hydroxylation sites is 1. The highest BCUT2D eigenvalue weighted by atomic mass is 35.5. The van der Waals surface area contributed by atoms with Gasteiger partial charge in [0.2, 0.25) is 5.91 Å². The van der Waals surface area contributed by atoms with Crippen LogP contribution in [0.3, 0.4) is 0 Å². The summed E-state index contributed by atoms with van der Waals surface area (Å²) in [5.41, 5.74) is -1.18. The van der Waals surface area contributed by atoms with Gasteiger partial charge in [0.25, 0.3) is 11.8 Å². The lowest BCUT2D eigenvalue weighted by molar-refractivity contribution is -0.137. The summed E-state index contributed by atoms with van der Waals surface area (Å²) in [6.07, 6.45) is -3.51. The molecule has 0 atom stereocenters. The van der Waals surface area contributed by atoms with Gasteiger partial charge in [0.1, 0.15) is 11.5 Å². The van der Waals surface area contributed by atoms with E-state index < -0.39 is 35.3 Å². The van der Waals surface area contributed by atoms with Crippen LogP contribution in [-0.2, 0) is 15.8 Å². The van der Waals surface area contributed by atoms with Crippen LogP contribution in [-0.4, -0.2) is 23.5 Å². The average Bonchev–Trinajstić information content (AvgIpc) is 2.97. The zero-order chi connectivity index (χ0) is 31.0. The van der Waals surface area contributed by atoms with Crippen molar-refractivity contribution in [3.05, 3.63) is 130 Å². The number of hydrogen-bond donors (Lipinski definition) is 3. The molecule has 0 saturated carbocycles. The van der Waals surface area contributed by atoms with Crippen LogP contribution in [0, 0.1) is 5.82 Å². The first-order valence-corrected chi connectivity index (χ1v) is 13.9. The SMILES string of the molecule is O=C(CSc1cccc(NC(=O)/C(=C\c2c(F)cccc2Cl)NC(=O)c2ccccc2)c1)Nc1ccccc1C(F)(F)F. The van der Waals surface area contributed by atoms with E-state index in [-0.39, 0.29) is 39.0 Å². The van der Waals surface area contributed by atoms with Crippen molar-refractivity contribution in [1.82, 2.24) is 5.32 Å². The van der Waals surface area contributed by atoms with Crippen LogP contribution >= 0.6 is 23.4 Å². The van der Waals surface area contributed by atoms with E-state index in [9.17, 15) is 31.9 Å². The van der Waals surface area contributed by atoms with E-state index in [1.807, 2.05) is 0 Å². The number of amides is 3. The van der Waals surface area contributed by atoms with Gasteiger partial charge in [-0.3, -0.25) is 14.4 Å². The van der Waals surface area contributed by atoms with Gasteiger partial charge in [-0.25, -0.2) is 4.39 Å². The Morgan fingerprint density at radius 2 is 1.53 bits per heavy atom. The van der Waals surface area contributed by atoms with Crippen LogP contribution in [0.1, 0.15) is 21.5 Å². The van der Waals surface area contributed by atoms with Crippen molar-refractivity contribution in [3.8, 4) is 0 Å². The van der Waals surface area contributed by atoms with Gasteiger partial charge in [0, 0.05) is 21.7 Å². The van der Waals surface area contributed by atoms with E-state index in [1.54, 1.807) is 48.5 Å². The Kier molecular flexibility index (Phi) is 10.2. The van der Waals surface area contributed by atoms with Crippen LogP contribution in [0.2, 0.25) is 5.02 Å². The van der Waals surface area contributed by atoms with Crippen molar-refractivity contribution in [1.29, 1.82) is 0 Å². The van der Waals surface area contributed by atoms with E-state index >= 15 is 0 Å². The number of rotatable bonds is 9. The molecule has 4 aromatic rings. The fraction of sp³-hybridized carbons (Fsp3) is 0.0645. The molecule has 6 nitrogen and oxygen atoms in total. The lowest BCUT2D eigenvalue weighted by Gasteiger charge is -2.14.